The Hall–Kier alpha value is -4.02. The van der Waals surface area contributed by atoms with E-state index < -0.39 is 12.5 Å². The fourth-order valence-electron chi connectivity index (χ4n) is 3.31. The number of hydrogen-bond acceptors (Lipinski definition) is 7. The number of halogens is 2. The molecule has 166 valence electrons. The van der Waals surface area contributed by atoms with Crippen molar-refractivity contribution < 1.29 is 27.6 Å². The molecule has 0 saturated carbocycles. The molecule has 0 bridgehead atoms. The second-order valence-corrected chi connectivity index (χ2v) is 6.71. The molecule has 0 aliphatic heterocycles. The van der Waals surface area contributed by atoms with Gasteiger partial charge in [0.2, 0.25) is 11.7 Å². The van der Waals surface area contributed by atoms with Crippen LogP contribution >= 0.6 is 0 Å². The van der Waals surface area contributed by atoms with Crippen LogP contribution in [0.1, 0.15) is 23.2 Å². The zero-order chi connectivity index (χ0) is 22.8. The third-order valence-corrected chi connectivity index (χ3v) is 4.66. The van der Waals surface area contributed by atoms with Crippen molar-refractivity contribution in [2.75, 3.05) is 13.7 Å². The van der Waals surface area contributed by atoms with E-state index in [1.807, 2.05) is 0 Å². The number of ether oxygens (including phenoxy) is 2. The fraction of sp³-hybridized carbons (Fsp3) is 0.238. The average molecular weight is 443 g/mol. The highest BCUT2D eigenvalue weighted by molar-refractivity contribution is 6.00. The SMILES string of the molecule is CCNC(=O)c1c(OC)cc(-n2cnc3cc(-c4noc(C)n4)ccc32)cc1OC(F)F. The molecule has 9 nitrogen and oxygen atoms in total. The number of amides is 1. The van der Waals surface area contributed by atoms with E-state index in [0.29, 0.717) is 40.5 Å². The van der Waals surface area contributed by atoms with Crippen LogP contribution in [0.4, 0.5) is 8.78 Å². The van der Waals surface area contributed by atoms with E-state index in [4.69, 9.17) is 9.26 Å². The van der Waals surface area contributed by atoms with Crippen LogP contribution in [0.3, 0.4) is 0 Å². The number of nitrogens with zero attached hydrogens (tertiary/aromatic N) is 4. The number of carbonyl (C=O) groups is 1. The minimum atomic E-state index is -3.12. The molecule has 2 aromatic carbocycles. The monoisotopic (exact) mass is 443 g/mol. The van der Waals surface area contributed by atoms with Gasteiger partial charge in [0.15, 0.2) is 0 Å². The molecule has 0 saturated heterocycles. The number of carbonyl (C=O) groups excluding carboxylic acids is 1. The molecular weight excluding hydrogens is 424 g/mol. The minimum absolute atomic E-state index is 0.0878. The molecule has 0 atom stereocenters. The molecule has 0 unspecified atom stereocenters. The molecule has 0 spiro atoms. The van der Waals surface area contributed by atoms with Gasteiger partial charge in [0.1, 0.15) is 23.4 Å². The van der Waals surface area contributed by atoms with Crippen molar-refractivity contribution in [3.8, 4) is 28.6 Å². The van der Waals surface area contributed by atoms with Gasteiger partial charge >= 0.3 is 6.61 Å². The quantitative estimate of drug-likeness (QED) is 0.464. The number of aryl methyl sites for hydroxylation is 1. The third-order valence-electron chi connectivity index (χ3n) is 4.66. The van der Waals surface area contributed by atoms with Gasteiger partial charge in [-0.1, -0.05) is 5.16 Å². The van der Waals surface area contributed by atoms with Gasteiger partial charge in [-0.15, -0.1) is 0 Å². The largest absolute Gasteiger partial charge is 0.496 e. The average Bonchev–Trinajstić information content (AvgIpc) is 3.38. The van der Waals surface area contributed by atoms with Crippen molar-refractivity contribution in [2.45, 2.75) is 20.5 Å². The van der Waals surface area contributed by atoms with Crippen molar-refractivity contribution in [3.63, 3.8) is 0 Å². The summed E-state index contributed by atoms with van der Waals surface area (Å²) >= 11 is 0. The molecule has 32 heavy (non-hydrogen) atoms. The predicted molar refractivity (Wildman–Crippen MR) is 110 cm³/mol. The number of hydrogen-bond donors (Lipinski definition) is 1. The molecule has 2 heterocycles. The second kappa shape index (κ2) is 8.61. The first-order valence-corrected chi connectivity index (χ1v) is 9.64. The number of alkyl halides is 2. The van der Waals surface area contributed by atoms with Gasteiger partial charge in [-0.2, -0.15) is 13.8 Å². The highest BCUT2D eigenvalue weighted by atomic mass is 19.3. The Morgan fingerprint density at radius 1 is 1.25 bits per heavy atom. The van der Waals surface area contributed by atoms with Gasteiger partial charge in [0.05, 0.1) is 23.8 Å². The van der Waals surface area contributed by atoms with Gasteiger partial charge < -0.3 is 19.3 Å². The summed E-state index contributed by atoms with van der Waals surface area (Å²) in [6.07, 6.45) is 1.53. The summed E-state index contributed by atoms with van der Waals surface area (Å²) in [6.45, 7) is 0.602. The Morgan fingerprint density at radius 2 is 2.03 bits per heavy atom. The van der Waals surface area contributed by atoms with Crippen LogP contribution in [-0.2, 0) is 0 Å². The van der Waals surface area contributed by atoms with E-state index in [1.54, 1.807) is 42.7 Å². The lowest BCUT2D eigenvalue weighted by Crippen LogP contribution is -2.24. The van der Waals surface area contributed by atoms with E-state index in [9.17, 15) is 13.6 Å². The molecule has 4 rings (SSSR count). The second-order valence-electron chi connectivity index (χ2n) is 6.71. The third kappa shape index (κ3) is 3.96. The number of rotatable bonds is 7. The summed E-state index contributed by atoms with van der Waals surface area (Å²) in [5.74, 6) is 0.0731. The molecule has 0 aliphatic carbocycles. The van der Waals surface area contributed by atoms with Crippen molar-refractivity contribution in [1.29, 1.82) is 0 Å². The Bertz CT molecular complexity index is 1280. The molecule has 2 aromatic heterocycles. The highest BCUT2D eigenvalue weighted by Crippen LogP contribution is 2.34. The highest BCUT2D eigenvalue weighted by Gasteiger charge is 2.23. The first kappa shape index (κ1) is 21.2. The van der Waals surface area contributed by atoms with E-state index in [0.717, 1.165) is 0 Å². The Labute approximate surface area is 181 Å². The van der Waals surface area contributed by atoms with Crippen molar-refractivity contribution in [3.05, 3.63) is 48.1 Å². The van der Waals surface area contributed by atoms with Crippen molar-refractivity contribution in [1.82, 2.24) is 25.0 Å². The Kier molecular flexibility index (Phi) is 5.71. The van der Waals surface area contributed by atoms with E-state index >= 15 is 0 Å². The molecule has 0 aliphatic rings. The number of aromatic nitrogens is 4. The predicted octanol–water partition coefficient (Wildman–Crippen LogP) is 3.74. The molecule has 1 amide bonds. The van der Waals surface area contributed by atoms with E-state index in [1.165, 1.54) is 19.5 Å². The van der Waals surface area contributed by atoms with E-state index in [-0.39, 0.29) is 17.1 Å². The minimum Gasteiger partial charge on any atom is -0.496 e. The number of methoxy groups -OCH3 is 1. The van der Waals surface area contributed by atoms with Crippen molar-refractivity contribution in [2.24, 2.45) is 0 Å². The molecule has 4 aromatic rings. The molecule has 1 N–H and O–H groups in total. The molecule has 0 fully saturated rings. The van der Waals surface area contributed by atoms with Crippen LogP contribution in [0.15, 0.2) is 41.2 Å². The summed E-state index contributed by atoms with van der Waals surface area (Å²) in [5, 5.41) is 6.47. The van der Waals surface area contributed by atoms with Crippen LogP contribution < -0.4 is 14.8 Å². The van der Waals surface area contributed by atoms with Crippen molar-refractivity contribution >= 4 is 16.9 Å². The lowest BCUT2D eigenvalue weighted by molar-refractivity contribution is -0.0502. The lowest BCUT2D eigenvalue weighted by Gasteiger charge is -2.16. The molecular formula is C21H19F2N5O4. The standard InChI is InChI=1S/C21H19F2N5O4/c1-4-24-20(29)18-16(30-3)8-13(9-17(18)31-21(22)23)28-10-25-14-7-12(5-6-15(14)28)19-26-11(2)32-27-19/h5-10,21H,4H2,1-3H3,(H,24,29). The number of nitrogens with one attached hydrogen (secondary N) is 1. The lowest BCUT2D eigenvalue weighted by atomic mass is 10.1. The zero-order valence-corrected chi connectivity index (χ0v) is 17.4. The normalized spacial score (nSPS) is 11.2. The first-order valence-electron chi connectivity index (χ1n) is 9.64. The van der Waals surface area contributed by atoms with Gasteiger partial charge in [0, 0.05) is 31.2 Å². The maximum absolute atomic E-state index is 13.1. The van der Waals surface area contributed by atoms with Gasteiger partial charge in [-0.05, 0) is 25.1 Å². The van der Waals surface area contributed by atoms with Gasteiger partial charge in [-0.25, -0.2) is 4.98 Å². The maximum Gasteiger partial charge on any atom is 0.387 e. The summed E-state index contributed by atoms with van der Waals surface area (Å²) in [6, 6.07) is 8.27. The van der Waals surface area contributed by atoms with E-state index in [2.05, 4.69) is 25.2 Å². The van der Waals surface area contributed by atoms with Crippen LogP contribution in [-0.4, -0.2) is 45.9 Å². The van der Waals surface area contributed by atoms with Crippen LogP contribution in [0.25, 0.3) is 28.1 Å². The summed E-state index contributed by atoms with van der Waals surface area (Å²) in [7, 11) is 1.35. The van der Waals surface area contributed by atoms with Crippen LogP contribution in [0.5, 0.6) is 11.5 Å². The number of benzene rings is 2. The van der Waals surface area contributed by atoms with Gasteiger partial charge in [0.25, 0.3) is 5.91 Å². The zero-order valence-electron chi connectivity index (χ0n) is 17.4. The molecule has 0 radical (unpaired) electrons. The Morgan fingerprint density at radius 3 is 2.69 bits per heavy atom. The summed E-state index contributed by atoms with van der Waals surface area (Å²) < 4.78 is 42.8. The number of fused-ring (bicyclic) bond motifs is 1. The fourth-order valence-corrected chi connectivity index (χ4v) is 3.31. The summed E-state index contributed by atoms with van der Waals surface area (Å²) in [5.41, 5.74) is 2.33. The molecule has 11 heteroatoms. The van der Waals surface area contributed by atoms with Crippen LogP contribution in [0.2, 0.25) is 0 Å². The Balaban J connectivity index is 1.82. The topological polar surface area (TPSA) is 104 Å². The van der Waals surface area contributed by atoms with Crippen LogP contribution in [0, 0.1) is 6.92 Å². The maximum atomic E-state index is 13.1. The van der Waals surface area contributed by atoms with Gasteiger partial charge in [-0.3, -0.25) is 9.36 Å². The first-order chi connectivity index (χ1) is 15.4. The number of imidazole rings is 1. The summed E-state index contributed by atoms with van der Waals surface area (Å²) in [4.78, 5) is 21.0. The smallest absolute Gasteiger partial charge is 0.387 e.